The quantitative estimate of drug-likeness (QED) is 0.465. The summed E-state index contributed by atoms with van der Waals surface area (Å²) in [4.78, 5) is 4.47. The van der Waals surface area contributed by atoms with Gasteiger partial charge in [-0.3, -0.25) is 9.67 Å². The van der Waals surface area contributed by atoms with Crippen LogP contribution < -0.4 is 0 Å². The Morgan fingerprint density at radius 2 is 1.96 bits per heavy atom. The molecule has 28 heavy (non-hydrogen) atoms. The average molecular weight is 397 g/mol. The lowest BCUT2D eigenvalue weighted by Gasteiger charge is -2.14. The number of halogens is 2. The zero-order valence-corrected chi connectivity index (χ0v) is 15.7. The molecule has 7 nitrogen and oxygen atoms in total. The fourth-order valence-corrected chi connectivity index (χ4v) is 4.03. The second kappa shape index (κ2) is 5.86. The molecule has 1 aromatic carbocycles. The number of alkyl halides is 2. The van der Waals surface area contributed by atoms with Gasteiger partial charge in [-0.1, -0.05) is 23.5 Å². The van der Waals surface area contributed by atoms with Crippen LogP contribution in [0.5, 0.6) is 0 Å². The summed E-state index contributed by atoms with van der Waals surface area (Å²) in [6.07, 6.45) is 3.43. The molecule has 4 aromatic heterocycles. The van der Waals surface area contributed by atoms with Crippen LogP contribution in [-0.4, -0.2) is 34.6 Å². The number of hydrogen-bond acceptors (Lipinski definition) is 6. The summed E-state index contributed by atoms with van der Waals surface area (Å²) in [6, 6.07) is 7.80. The highest BCUT2D eigenvalue weighted by molar-refractivity contribution is 7.19. The van der Waals surface area contributed by atoms with Gasteiger partial charge >= 0.3 is 5.92 Å². The topological polar surface area (TPSA) is 73.8 Å². The Hall–Kier alpha value is -3.27. The molecule has 0 bridgehead atoms. The highest BCUT2D eigenvalue weighted by Gasteiger charge is 2.40. The van der Waals surface area contributed by atoms with Crippen molar-refractivity contribution in [2.75, 3.05) is 0 Å². The lowest BCUT2D eigenvalue weighted by atomic mass is 10.0. The van der Waals surface area contributed by atoms with Crippen LogP contribution in [0.15, 0.2) is 42.7 Å². The third kappa shape index (κ3) is 2.48. The monoisotopic (exact) mass is 397 g/mol. The summed E-state index contributed by atoms with van der Waals surface area (Å²) >= 11 is 1.19. The van der Waals surface area contributed by atoms with Crippen molar-refractivity contribution in [2.24, 2.45) is 7.05 Å². The predicted octanol–water partition coefficient (Wildman–Crippen LogP) is 3.58. The van der Waals surface area contributed by atoms with Crippen LogP contribution in [0.25, 0.3) is 26.4 Å². The molecule has 140 valence electrons. The van der Waals surface area contributed by atoms with Gasteiger partial charge in [0.1, 0.15) is 0 Å². The summed E-state index contributed by atoms with van der Waals surface area (Å²) < 4.78 is 33.3. The molecular formula is C18H13F2N7S. The van der Waals surface area contributed by atoms with Crippen LogP contribution in [-0.2, 0) is 13.0 Å². The Balaban J connectivity index is 1.63. The van der Waals surface area contributed by atoms with Crippen LogP contribution in [0.3, 0.4) is 0 Å². The zero-order chi connectivity index (χ0) is 19.5. The number of nitrogens with zero attached hydrogens (tertiary/aromatic N) is 7. The first-order valence-corrected chi connectivity index (χ1v) is 9.21. The first kappa shape index (κ1) is 16.9. The molecule has 4 heterocycles. The van der Waals surface area contributed by atoms with Gasteiger partial charge < -0.3 is 0 Å². The first-order chi connectivity index (χ1) is 13.4. The minimum absolute atomic E-state index is 0.186. The van der Waals surface area contributed by atoms with Gasteiger partial charge in [-0.2, -0.15) is 23.5 Å². The molecule has 0 spiro atoms. The maximum absolute atomic E-state index is 15.3. The maximum Gasteiger partial charge on any atom is 0.333 e. The summed E-state index contributed by atoms with van der Waals surface area (Å²) in [7, 11) is 1.80. The minimum atomic E-state index is -3.36. The van der Waals surface area contributed by atoms with Gasteiger partial charge in [0.25, 0.3) is 0 Å². The largest absolute Gasteiger partial charge is 0.333 e. The minimum Gasteiger partial charge on any atom is -0.275 e. The Morgan fingerprint density at radius 3 is 2.75 bits per heavy atom. The van der Waals surface area contributed by atoms with E-state index in [1.54, 1.807) is 42.3 Å². The number of hydrogen-bond donors (Lipinski definition) is 0. The van der Waals surface area contributed by atoms with Gasteiger partial charge in [-0.05, 0) is 25.1 Å². The maximum atomic E-state index is 15.3. The predicted molar refractivity (Wildman–Crippen MR) is 100 cm³/mol. The van der Waals surface area contributed by atoms with Crippen molar-refractivity contribution in [3.8, 4) is 10.6 Å². The van der Waals surface area contributed by atoms with Crippen LogP contribution in [0.1, 0.15) is 17.1 Å². The number of aromatic nitrogens is 7. The number of fused-ring (bicyclic) bond motifs is 2. The summed E-state index contributed by atoms with van der Waals surface area (Å²) in [5.74, 6) is -3.88. The fraction of sp³-hybridized carbons (Fsp3) is 0.167. The van der Waals surface area contributed by atoms with Crippen LogP contribution >= 0.6 is 11.3 Å². The molecule has 0 unspecified atom stereocenters. The van der Waals surface area contributed by atoms with Crippen LogP contribution in [0.4, 0.5) is 8.78 Å². The standard InChI is InChI=1S/C18H13F2N7S/c1-10-13(9-26(2)24-10)15-25-27-16(22-23-17(27)28-15)18(19,20)12-5-6-14-11(8-12)4-3-7-21-14/h3-9H,1-2H3. The second-order valence-electron chi connectivity index (χ2n) is 6.41. The molecule has 0 N–H and O–H groups in total. The first-order valence-electron chi connectivity index (χ1n) is 8.40. The fourth-order valence-electron chi connectivity index (χ4n) is 3.13. The molecule has 0 saturated heterocycles. The Bertz CT molecular complexity index is 1330. The molecule has 0 atom stereocenters. The van der Waals surface area contributed by atoms with E-state index >= 15 is 8.78 Å². The summed E-state index contributed by atoms with van der Waals surface area (Å²) in [5.41, 5.74) is 2.01. The van der Waals surface area contributed by atoms with Crippen LogP contribution in [0, 0.1) is 6.92 Å². The van der Waals surface area contributed by atoms with E-state index in [0.29, 0.717) is 20.9 Å². The summed E-state index contributed by atoms with van der Waals surface area (Å²) in [5, 5.41) is 17.4. The number of rotatable bonds is 3. The molecule has 0 saturated carbocycles. The number of aryl methyl sites for hydroxylation is 2. The molecule has 5 aromatic rings. The van der Waals surface area contributed by atoms with Crippen molar-refractivity contribution in [2.45, 2.75) is 12.8 Å². The Morgan fingerprint density at radius 1 is 1.11 bits per heavy atom. The van der Waals surface area contributed by atoms with Crippen molar-refractivity contribution in [3.63, 3.8) is 0 Å². The number of benzene rings is 1. The molecule has 0 amide bonds. The third-order valence-corrected chi connectivity index (χ3v) is 5.41. The molecular weight excluding hydrogens is 384 g/mol. The highest BCUT2D eigenvalue weighted by atomic mass is 32.1. The van der Waals surface area contributed by atoms with E-state index in [0.717, 1.165) is 15.8 Å². The van der Waals surface area contributed by atoms with E-state index in [9.17, 15) is 0 Å². The molecule has 10 heteroatoms. The summed E-state index contributed by atoms with van der Waals surface area (Å²) in [6.45, 7) is 1.84. The van der Waals surface area contributed by atoms with E-state index < -0.39 is 11.7 Å². The molecule has 0 aliphatic heterocycles. The normalized spacial score (nSPS) is 12.3. The average Bonchev–Trinajstić information content (AvgIpc) is 3.34. The van der Waals surface area contributed by atoms with Crippen molar-refractivity contribution >= 4 is 27.2 Å². The molecule has 0 radical (unpaired) electrons. The van der Waals surface area contributed by atoms with E-state index in [4.69, 9.17) is 0 Å². The van der Waals surface area contributed by atoms with Gasteiger partial charge in [-0.25, -0.2) is 0 Å². The SMILES string of the molecule is Cc1nn(C)cc1-c1nn2c(C(F)(F)c3ccc4ncccc4c3)nnc2s1. The van der Waals surface area contributed by atoms with E-state index in [1.807, 2.05) is 6.92 Å². The molecule has 0 aliphatic rings. The van der Waals surface area contributed by atoms with Crippen molar-refractivity contribution in [1.82, 2.24) is 34.6 Å². The molecule has 0 fully saturated rings. The van der Waals surface area contributed by atoms with E-state index in [1.165, 1.54) is 23.5 Å². The van der Waals surface area contributed by atoms with Crippen molar-refractivity contribution in [3.05, 3.63) is 59.8 Å². The van der Waals surface area contributed by atoms with E-state index in [2.05, 4.69) is 25.4 Å². The van der Waals surface area contributed by atoms with Gasteiger partial charge in [0.15, 0.2) is 5.01 Å². The smallest absolute Gasteiger partial charge is 0.275 e. The number of pyridine rings is 1. The zero-order valence-electron chi connectivity index (χ0n) is 14.8. The third-order valence-electron chi connectivity index (χ3n) is 4.48. The van der Waals surface area contributed by atoms with Gasteiger partial charge in [0.05, 0.1) is 16.8 Å². The van der Waals surface area contributed by atoms with E-state index in [-0.39, 0.29) is 5.56 Å². The Kier molecular flexibility index (Phi) is 3.53. The highest BCUT2D eigenvalue weighted by Crippen LogP contribution is 2.37. The van der Waals surface area contributed by atoms with Crippen molar-refractivity contribution < 1.29 is 8.78 Å². The van der Waals surface area contributed by atoms with Crippen molar-refractivity contribution in [1.29, 1.82) is 0 Å². The lowest BCUT2D eigenvalue weighted by Crippen LogP contribution is -2.19. The Labute approximate surface area is 161 Å². The second-order valence-corrected chi connectivity index (χ2v) is 7.37. The van der Waals surface area contributed by atoms with Crippen LogP contribution in [0.2, 0.25) is 0 Å². The van der Waals surface area contributed by atoms with Gasteiger partial charge in [0, 0.05) is 30.4 Å². The van der Waals surface area contributed by atoms with Gasteiger partial charge in [-0.15, -0.1) is 10.2 Å². The molecule has 0 aliphatic carbocycles. The van der Waals surface area contributed by atoms with Gasteiger partial charge in [0.2, 0.25) is 10.8 Å². The lowest BCUT2D eigenvalue weighted by molar-refractivity contribution is 0.0308. The molecule has 5 rings (SSSR count).